The van der Waals surface area contributed by atoms with Gasteiger partial charge in [-0.1, -0.05) is 112 Å². The van der Waals surface area contributed by atoms with E-state index in [1.807, 2.05) is 0 Å². The van der Waals surface area contributed by atoms with Gasteiger partial charge in [-0.05, 0) is 54.7 Å². The topological polar surface area (TPSA) is 12.5 Å². The van der Waals surface area contributed by atoms with Gasteiger partial charge in [0, 0.05) is 11.6 Å². The lowest BCUT2D eigenvalue weighted by Gasteiger charge is -2.56. The van der Waals surface area contributed by atoms with Gasteiger partial charge in [0.05, 0.1) is 6.10 Å². The van der Waals surface area contributed by atoms with Crippen molar-refractivity contribution in [3.8, 4) is 0 Å². The van der Waals surface area contributed by atoms with Gasteiger partial charge in [-0.2, -0.15) is 0 Å². The molecule has 1 heterocycles. The maximum atomic E-state index is 7.64. The Labute approximate surface area is 201 Å². The summed E-state index contributed by atoms with van der Waals surface area (Å²) in [5.74, 6) is 0.429. The van der Waals surface area contributed by atoms with Gasteiger partial charge in [0.2, 0.25) is 0 Å². The van der Waals surface area contributed by atoms with Gasteiger partial charge in [-0.25, -0.2) is 0 Å². The van der Waals surface area contributed by atoms with Crippen LogP contribution in [-0.4, -0.2) is 37.9 Å². The van der Waals surface area contributed by atoms with E-state index in [0.29, 0.717) is 12.0 Å². The summed E-state index contributed by atoms with van der Waals surface area (Å²) in [7, 11) is -0.391. The maximum absolute atomic E-state index is 7.64. The van der Waals surface area contributed by atoms with Crippen molar-refractivity contribution in [3.63, 3.8) is 0 Å². The molecular weight excluding hydrogens is 418 g/mol. The standard InChI is InChI=1S/C30H39NOSi/c1-6-25-23-29(24(3)30(4,7-2)31(25)5)32-33(26-17-11-8-12-18-26,27-19-13-9-14-20-27)28-21-15-10-16-22-28/h8-22,24-25,29H,6-7,23H2,1-5H3. The molecule has 1 aliphatic rings. The molecule has 1 fully saturated rings. The average molecular weight is 458 g/mol. The van der Waals surface area contributed by atoms with E-state index in [9.17, 15) is 0 Å². The molecule has 1 saturated heterocycles. The summed E-state index contributed by atoms with van der Waals surface area (Å²) in [6, 6.07) is 33.5. The third-order valence-electron chi connectivity index (χ3n) is 8.45. The highest BCUT2D eigenvalue weighted by molar-refractivity contribution is 7.07. The van der Waals surface area contributed by atoms with Crippen LogP contribution in [0.4, 0.5) is 0 Å². The van der Waals surface area contributed by atoms with Crippen molar-refractivity contribution in [1.29, 1.82) is 0 Å². The number of hydrogen-bond acceptors (Lipinski definition) is 2. The van der Waals surface area contributed by atoms with Crippen molar-refractivity contribution in [2.75, 3.05) is 7.05 Å². The van der Waals surface area contributed by atoms with Crippen LogP contribution in [0, 0.1) is 5.92 Å². The van der Waals surface area contributed by atoms with Crippen LogP contribution >= 0.6 is 0 Å². The molecular formula is C30H39NOSi. The molecule has 2 nitrogen and oxygen atoms in total. The summed E-state index contributed by atoms with van der Waals surface area (Å²) in [6.45, 7) is 9.50. The van der Waals surface area contributed by atoms with Crippen LogP contribution in [0.5, 0.6) is 0 Å². The SMILES string of the molecule is CCC1CC(O[Si](c2ccccc2)(c2ccccc2)c2ccccc2)C(C)C(C)(CC)N1C. The minimum Gasteiger partial charge on any atom is -0.401 e. The van der Waals surface area contributed by atoms with Gasteiger partial charge in [-0.15, -0.1) is 0 Å². The smallest absolute Gasteiger partial charge is 0.288 e. The first-order chi connectivity index (χ1) is 16.0. The fraction of sp³-hybridized carbons (Fsp3) is 0.400. The number of hydrogen-bond donors (Lipinski definition) is 0. The first-order valence-corrected chi connectivity index (χ1v) is 14.5. The zero-order valence-electron chi connectivity index (χ0n) is 20.9. The Morgan fingerprint density at radius 2 is 1.24 bits per heavy atom. The molecule has 3 aromatic carbocycles. The molecule has 0 aromatic heterocycles. The van der Waals surface area contributed by atoms with Crippen molar-refractivity contribution in [2.24, 2.45) is 5.92 Å². The molecule has 4 rings (SSSR count). The van der Waals surface area contributed by atoms with Gasteiger partial charge >= 0.3 is 0 Å². The largest absolute Gasteiger partial charge is 0.401 e. The number of nitrogens with zero attached hydrogens (tertiary/aromatic N) is 1. The summed E-state index contributed by atoms with van der Waals surface area (Å²) in [6.07, 6.45) is 3.54. The highest BCUT2D eigenvalue weighted by Crippen LogP contribution is 2.41. The Kier molecular flexibility index (Phi) is 7.23. The average Bonchev–Trinajstić information content (AvgIpc) is 2.88. The van der Waals surface area contributed by atoms with Crippen LogP contribution in [0.2, 0.25) is 0 Å². The van der Waals surface area contributed by atoms with Crippen molar-refractivity contribution in [3.05, 3.63) is 91.0 Å². The van der Waals surface area contributed by atoms with E-state index in [1.54, 1.807) is 0 Å². The van der Waals surface area contributed by atoms with Crippen molar-refractivity contribution >= 4 is 23.9 Å². The maximum Gasteiger partial charge on any atom is 0.288 e. The third kappa shape index (κ3) is 4.23. The molecule has 4 atom stereocenters. The number of likely N-dealkylation sites (tertiary alicyclic amines) is 1. The van der Waals surface area contributed by atoms with Gasteiger partial charge in [0.1, 0.15) is 0 Å². The molecule has 0 spiro atoms. The number of rotatable bonds is 7. The second-order valence-corrected chi connectivity index (χ2v) is 13.2. The van der Waals surface area contributed by atoms with Crippen molar-refractivity contribution in [1.82, 2.24) is 4.90 Å². The van der Waals surface area contributed by atoms with Gasteiger partial charge in [-0.3, -0.25) is 4.90 Å². The lowest BCUT2D eigenvalue weighted by molar-refractivity contribution is -0.0755. The zero-order valence-corrected chi connectivity index (χ0v) is 21.9. The van der Waals surface area contributed by atoms with E-state index < -0.39 is 8.32 Å². The summed E-state index contributed by atoms with van der Waals surface area (Å²) in [5.41, 5.74) is 0.119. The Morgan fingerprint density at radius 3 is 1.61 bits per heavy atom. The Bertz CT molecular complexity index is 913. The number of benzene rings is 3. The molecule has 4 unspecified atom stereocenters. The molecule has 0 bridgehead atoms. The zero-order chi connectivity index (χ0) is 23.5. The third-order valence-corrected chi connectivity index (χ3v) is 12.5. The lowest BCUT2D eigenvalue weighted by atomic mass is 9.73. The van der Waals surface area contributed by atoms with Gasteiger partial charge in [0.25, 0.3) is 8.32 Å². The molecule has 3 heteroatoms. The van der Waals surface area contributed by atoms with E-state index in [1.165, 1.54) is 15.6 Å². The normalized spacial score (nSPS) is 26.3. The molecule has 0 saturated carbocycles. The number of piperidine rings is 1. The van der Waals surface area contributed by atoms with Crippen molar-refractivity contribution in [2.45, 2.75) is 64.6 Å². The van der Waals surface area contributed by atoms with E-state index in [0.717, 1.165) is 19.3 Å². The fourth-order valence-corrected chi connectivity index (χ4v) is 10.0. The highest BCUT2D eigenvalue weighted by Gasteiger charge is 2.51. The molecule has 174 valence electrons. The summed E-state index contributed by atoms with van der Waals surface area (Å²) >= 11 is 0. The van der Waals surface area contributed by atoms with Crippen LogP contribution in [0.25, 0.3) is 0 Å². The predicted molar refractivity (Wildman–Crippen MR) is 143 cm³/mol. The first-order valence-electron chi connectivity index (χ1n) is 12.5. The highest BCUT2D eigenvalue weighted by atomic mass is 28.4. The minimum atomic E-state index is -2.71. The minimum absolute atomic E-state index is 0.119. The quantitative estimate of drug-likeness (QED) is 0.367. The summed E-state index contributed by atoms with van der Waals surface area (Å²) < 4.78 is 7.64. The lowest BCUT2D eigenvalue weighted by Crippen LogP contribution is -2.72. The van der Waals surface area contributed by atoms with E-state index >= 15 is 0 Å². The van der Waals surface area contributed by atoms with Crippen LogP contribution in [0.1, 0.15) is 47.0 Å². The first kappa shape index (κ1) is 23.9. The van der Waals surface area contributed by atoms with Crippen LogP contribution < -0.4 is 15.6 Å². The van der Waals surface area contributed by atoms with E-state index in [-0.39, 0.29) is 11.6 Å². The molecule has 0 N–H and O–H groups in total. The Balaban J connectivity index is 1.91. The monoisotopic (exact) mass is 457 g/mol. The molecule has 1 aliphatic heterocycles. The van der Waals surface area contributed by atoms with E-state index in [2.05, 4.69) is 131 Å². The summed E-state index contributed by atoms with van der Waals surface area (Å²) in [5, 5.41) is 3.96. The molecule has 0 radical (unpaired) electrons. The molecule has 0 amide bonds. The Hall–Kier alpha value is -2.20. The van der Waals surface area contributed by atoms with Crippen LogP contribution in [0.15, 0.2) is 91.0 Å². The van der Waals surface area contributed by atoms with Crippen LogP contribution in [-0.2, 0) is 4.43 Å². The van der Waals surface area contributed by atoms with Gasteiger partial charge < -0.3 is 4.43 Å². The summed E-state index contributed by atoms with van der Waals surface area (Å²) in [4.78, 5) is 2.63. The molecule has 3 aromatic rings. The van der Waals surface area contributed by atoms with E-state index in [4.69, 9.17) is 4.43 Å². The van der Waals surface area contributed by atoms with Crippen LogP contribution in [0.3, 0.4) is 0 Å². The fourth-order valence-electron chi connectivity index (χ4n) is 5.88. The second-order valence-electron chi connectivity index (χ2n) is 9.84. The molecule has 0 aliphatic carbocycles. The Morgan fingerprint density at radius 1 is 0.818 bits per heavy atom. The second kappa shape index (κ2) is 9.96. The molecule has 33 heavy (non-hydrogen) atoms. The predicted octanol–water partition coefficient (Wildman–Crippen LogP) is 4.96. The van der Waals surface area contributed by atoms with Gasteiger partial charge in [0.15, 0.2) is 0 Å². The van der Waals surface area contributed by atoms with Crippen molar-refractivity contribution < 1.29 is 4.43 Å².